The maximum absolute atomic E-state index is 13.1. The average molecular weight is 481 g/mol. The van der Waals surface area contributed by atoms with E-state index in [0.717, 1.165) is 4.68 Å². The second-order valence-corrected chi connectivity index (χ2v) is 9.76. The highest BCUT2D eigenvalue weighted by Crippen LogP contribution is 2.32. The van der Waals surface area contributed by atoms with Crippen LogP contribution in [0.5, 0.6) is 0 Å². The molecule has 31 heavy (non-hydrogen) atoms. The summed E-state index contributed by atoms with van der Waals surface area (Å²) >= 11 is 12.2. The van der Waals surface area contributed by atoms with Gasteiger partial charge in [-0.15, -0.1) is 0 Å². The van der Waals surface area contributed by atoms with E-state index in [0.29, 0.717) is 10.8 Å². The lowest BCUT2D eigenvalue weighted by Crippen LogP contribution is -2.51. The molecule has 0 atom stereocenters. The summed E-state index contributed by atoms with van der Waals surface area (Å²) < 4.78 is 28.5. The Labute approximate surface area is 188 Å². The first kappa shape index (κ1) is 21.8. The number of hydrogen-bond acceptors (Lipinski definition) is 5. The number of fused-ring (bicyclic) bond motifs is 1. The number of rotatable bonds is 3. The molecule has 2 heterocycles. The molecule has 1 aliphatic heterocycles. The fourth-order valence-corrected chi connectivity index (χ4v) is 6.11. The Hall–Kier alpha value is -2.46. The van der Waals surface area contributed by atoms with E-state index in [9.17, 15) is 18.0 Å². The summed E-state index contributed by atoms with van der Waals surface area (Å²) in [5.74, 6) is -0.361. The topological polar surface area (TPSA) is 92.6 Å². The number of sulfonamides is 1. The Morgan fingerprint density at radius 3 is 2.13 bits per heavy atom. The molecule has 0 bridgehead atoms. The van der Waals surface area contributed by atoms with Crippen molar-refractivity contribution in [2.75, 3.05) is 26.2 Å². The maximum atomic E-state index is 13.1. The van der Waals surface area contributed by atoms with Gasteiger partial charge in [0.15, 0.2) is 5.69 Å². The number of hydrogen-bond donors (Lipinski definition) is 0. The van der Waals surface area contributed by atoms with Gasteiger partial charge in [-0.05, 0) is 18.2 Å². The van der Waals surface area contributed by atoms with Crippen LogP contribution in [-0.2, 0) is 17.1 Å². The van der Waals surface area contributed by atoms with Gasteiger partial charge in [0.25, 0.3) is 11.5 Å². The lowest BCUT2D eigenvalue weighted by atomic mass is 10.1. The standard InChI is InChI=1S/C20H18Cl2N4O4S/c1-24-19(27)14-6-3-2-5-13(14)17(23-24)20(28)25-9-11-26(12-10-25)31(29,30)18-15(21)7-4-8-16(18)22/h2-8H,9-12H2,1H3. The first-order chi connectivity index (χ1) is 14.7. The summed E-state index contributed by atoms with van der Waals surface area (Å²) in [6.07, 6.45) is 0. The van der Waals surface area contributed by atoms with Crippen molar-refractivity contribution in [3.05, 3.63) is 68.6 Å². The third-order valence-electron chi connectivity index (χ3n) is 5.20. The van der Waals surface area contributed by atoms with Gasteiger partial charge in [-0.1, -0.05) is 47.5 Å². The first-order valence-corrected chi connectivity index (χ1v) is 11.6. The van der Waals surface area contributed by atoms with Crippen molar-refractivity contribution in [1.29, 1.82) is 0 Å². The summed E-state index contributed by atoms with van der Waals surface area (Å²) in [6, 6.07) is 11.3. The molecule has 3 aromatic rings. The third-order valence-corrected chi connectivity index (χ3v) is 8.06. The molecule has 11 heteroatoms. The van der Waals surface area contributed by atoms with E-state index in [1.165, 1.54) is 28.4 Å². The van der Waals surface area contributed by atoms with Crippen LogP contribution in [0.4, 0.5) is 0 Å². The van der Waals surface area contributed by atoms with Gasteiger partial charge in [-0.3, -0.25) is 9.59 Å². The SMILES string of the molecule is Cn1nc(C(=O)N2CCN(S(=O)(=O)c3c(Cl)cccc3Cl)CC2)c2ccccc2c1=O. The van der Waals surface area contributed by atoms with Crippen molar-refractivity contribution < 1.29 is 13.2 Å². The predicted molar refractivity (Wildman–Crippen MR) is 118 cm³/mol. The fourth-order valence-electron chi connectivity index (χ4n) is 3.60. The maximum Gasteiger partial charge on any atom is 0.275 e. The minimum Gasteiger partial charge on any atom is -0.335 e. The van der Waals surface area contributed by atoms with Gasteiger partial charge < -0.3 is 4.90 Å². The fraction of sp³-hybridized carbons (Fsp3) is 0.250. The lowest BCUT2D eigenvalue weighted by molar-refractivity contribution is 0.0691. The average Bonchev–Trinajstić information content (AvgIpc) is 2.75. The number of aryl methyl sites for hydroxylation is 1. The van der Waals surface area contributed by atoms with Crippen molar-refractivity contribution in [1.82, 2.24) is 19.0 Å². The molecule has 8 nitrogen and oxygen atoms in total. The molecule has 162 valence electrons. The number of benzene rings is 2. The van der Waals surface area contributed by atoms with E-state index < -0.39 is 10.0 Å². The zero-order chi connectivity index (χ0) is 22.3. The molecule has 1 aliphatic rings. The molecule has 0 aliphatic carbocycles. The zero-order valence-corrected chi connectivity index (χ0v) is 18.8. The van der Waals surface area contributed by atoms with Crippen LogP contribution in [0, 0.1) is 0 Å². The highest BCUT2D eigenvalue weighted by atomic mass is 35.5. The number of aromatic nitrogens is 2. The van der Waals surface area contributed by atoms with Gasteiger partial charge in [-0.2, -0.15) is 9.40 Å². The Kier molecular flexibility index (Phi) is 5.78. The van der Waals surface area contributed by atoms with Gasteiger partial charge in [0.1, 0.15) is 4.90 Å². The number of piperazine rings is 1. The molecule has 0 N–H and O–H groups in total. The van der Waals surface area contributed by atoms with Gasteiger partial charge >= 0.3 is 0 Å². The van der Waals surface area contributed by atoms with Crippen molar-refractivity contribution in [3.63, 3.8) is 0 Å². The van der Waals surface area contributed by atoms with Crippen LogP contribution in [0.25, 0.3) is 10.8 Å². The Morgan fingerprint density at radius 1 is 0.935 bits per heavy atom. The third kappa shape index (κ3) is 3.82. The van der Waals surface area contributed by atoms with E-state index in [-0.39, 0.29) is 58.3 Å². The quantitative estimate of drug-likeness (QED) is 0.573. The lowest BCUT2D eigenvalue weighted by Gasteiger charge is -2.34. The predicted octanol–water partition coefficient (Wildman–Crippen LogP) is 2.39. The Bertz CT molecular complexity index is 1330. The van der Waals surface area contributed by atoms with Crippen LogP contribution in [0.2, 0.25) is 10.0 Å². The summed E-state index contributed by atoms with van der Waals surface area (Å²) in [5.41, 5.74) is -0.136. The summed E-state index contributed by atoms with van der Waals surface area (Å²) in [6.45, 7) is 0.497. The molecule has 1 amide bonds. The van der Waals surface area contributed by atoms with Crippen molar-refractivity contribution in [2.45, 2.75) is 4.90 Å². The largest absolute Gasteiger partial charge is 0.335 e. The molecule has 4 rings (SSSR count). The number of halogens is 2. The molecule has 1 saturated heterocycles. The van der Waals surface area contributed by atoms with Crippen LogP contribution >= 0.6 is 23.2 Å². The van der Waals surface area contributed by atoms with E-state index >= 15 is 0 Å². The van der Waals surface area contributed by atoms with E-state index in [1.54, 1.807) is 30.3 Å². The van der Waals surface area contributed by atoms with Gasteiger partial charge in [0, 0.05) is 38.6 Å². The van der Waals surface area contributed by atoms with Crippen LogP contribution in [0.3, 0.4) is 0 Å². The van der Waals surface area contributed by atoms with Gasteiger partial charge in [0.05, 0.1) is 15.4 Å². The Morgan fingerprint density at radius 2 is 1.52 bits per heavy atom. The molecule has 1 fully saturated rings. The molecule has 2 aromatic carbocycles. The van der Waals surface area contributed by atoms with Crippen LogP contribution in [0.15, 0.2) is 52.2 Å². The molecular weight excluding hydrogens is 463 g/mol. The molecule has 0 saturated carbocycles. The number of carbonyl (C=O) groups is 1. The second kappa shape index (κ2) is 8.23. The van der Waals surface area contributed by atoms with E-state index in [1.807, 2.05) is 0 Å². The van der Waals surface area contributed by atoms with Crippen molar-refractivity contribution in [2.24, 2.45) is 7.05 Å². The number of carbonyl (C=O) groups excluding carboxylic acids is 1. The van der Waals surface area contributed by atoms with E-state index in [4.69, 9.17) is 23.2 Å². The van der Waals surface area contributed by atoms with Crippen molar-refractivity contribution in [3.8, 4) is 0 Å². The van der Waals surface area contributed by atoms with Crippen LogP contribution in [-0.4, -0.2) is 59.5 Å². The second-order valence-electron chi connectivity index (χ2n) is 7.07. The monoisotopic (exact) mass is 480 g/mol. The zero-order valence-electron chi connectivity index (χ0n) is 16.5. The van der Waals surface area contributed by atoms with Crippen LogP contribution in [0.1, 0.15) is 10.5 Å². The van der Waals surface area contributed by atoms with Crippen LogP contribution < -0.4 is 5.56 Å². The first-order valence-electron chi connectivity index (χ1n) is 9.41. The van der Waals surface area contributed by atoms with Gasteiger partial charge in [-0.25, -0.2) is 13.1 Å². The minimum absolute atomic E-state index is 0.0480. The summed E-state index contributed by atoms with van der Waals surface area (Å²) in [5, 5.41) is 5.12. The molecular formula is C20H18Cl2N4O4S. The highest BCUT2D eigenvalue weighted by Gasteiger charge is 2.34. The molecule has 0 unspecified atom stereocenters. The summed E-state index contributed by atoms with van der Waals surface area (Å²) in [4.78, 5) is 26.8. The minimum atomic E-state index is -3.91. The van der Waals surface area contributed by atoms with Crippen molar-refractivity contribution >= 4 is 49.9 Å². The molecule has 1 aromatic heterocycles. The van der Waals surface area contributed by atoms with E-state index in [2.05, 4.69) is 5.10 Å². The molecule has 0 radical (unpaired) electrons. The normalized spacial score (nSPS) is 15.4. The highest BCUT2D eigenvalue weighted by molar-refractivity contribution is 7.89. The smallest absolute Gasteiger partial charge is 0.275 e. The number of nitrogens with zero attached hydrogens (tertiary/aromatic N) is 4. The summed E-state index contributed by atoms with van der Waals surface area (Å²) in [7, 11) is -2.42. The van der Waals surface area contributed by atoms with Gasteiger partial charge in [0.2, 0.25) is 10.0 Å². The Balaban J connectivity index is 1.59. The molecule has 0 spiro atoms. The number of amides is 1.